The van der Waals surface area contributed by atoms with Crippen molar-refractivity contribution in [1.29, 1.82) is 0 Å². The molecule has 39 heavy (non-hydrogen) atoms. The van der Waals surface area contributed by atoms with Gasteiger partial charge in [0.05, 0.1) is 12.2 Å². The monoisotopic (exact) mass is 543 g/mol. The molecule has 0 spiro atoms. The summed E-state index contributed by atoms with van der Waals surface area (Å²) in [4.78, 5) is 26.0. The Balaban J connectivity index is 1.69. The zero-order valence-electron chi connectivity index (χ0n) is 22.6. The minimum Gasteiger partial charge on any atom is -0.476 e. The van der Waals surface area contributed by atoms with Gasteiger partial charge in [-0.1, -0.05) is 24.3 Å². The molecule has 0 aliphatic heterocycles. The highest BCUT2D eigenvalue weighted by molar-refractivity contribution is 5.79. The van der Waals surface area contributed by atoms with E-state index in [0.717, 1.165) is 23.3 Å². The molecule has 0 aliphatic carbocycles. The normalized spacial score (nSPS) is 11.6. The lowest BCUT2D eigenvalue weighted by molar-refractivity contribution is -0.158. The van der Waals surface area contributed by atoms with Crippen LogP contribution in [-0.2, 0) is 33.6 Å². The van der Waals surface area contributed by atoms with Crippen molar-refractivity contribution in [3.8, 4) is 17.2 Å². The van der Waals surface area contributed by atoms with Crippen molar-refractivity contribution in [3.63, 3.8) is 0 Å². The lowest BCUT2D eigenvalue weighted by Gasteiger charge is -2.25. The Kier molecular flexibility index (Phi) is 9.27. The molecule has 0 heterocycles. The molecule has 3 aromatic carbocycles. The van der Waals surface area contributed by atoms with Gasteiger partial charge < -0.3 is 19.1 Å². The lowest BCUT2D eigenvalue weighted by Crippen LogP contribution is -2.39. The summed E-state index contributed by atoms with van der Waals surface area (Å²) < 4.78 is 55.5. The van der Waals surface area contributed by atoms with Crippen LogP contribution in [0.5, 0.6) is 17.2 Å². The van der Waals surface area contributed by atoms with Gasteiger partial charge >= 0.3 is 12.1 Å². The van der Waals surface area contributed by atoms with Crippen LogP contribution in [0.2, 0.25) is 0 Å². The minimum atomic E-state index is -4.41. The fourth-order valence-electron chi connectivity index (χ4n) is 3.78. The van der Waals surface area contributed by atoms with Gasteiger partial charge in [-0.05, 0) is 86.8 Å². The van der Waals surface area contributed by atoms with Crippen LogP contribution >= 0.6 is 0 Å². The van der Waals surface area contributed by atoms with E-state index in [1.165, 1.54) is 19.1 Å². The van der Waals surface area contributed by atoms with Crippen molar-refractivity contribution in [2.24, 2.45) is 0 Å². The maximum Gasteiger partial charge on any atom is 0.416 e. The molecule has 0 N–H and O–H groups in total. The summed E-state index contributed by atoms with van der Waals surface area (Å²) in [6.45, 7) is 8.95. The summed E-state index contributed by atoms with van der Waals surface area (Å²) in [5.74, 6) is 0.955. The van der Waals surface area contributed by atoms with Gasteiger partial charge in [-0.25, -0.2) is 4.79 Å². The number of aryl methyl sites for hydroxylation is 1. The number of halogens is 3. The van der Waals surface area contributed by atoms with Gasteiger partial charge in [-0.15, -0.1) is 0 Å². The molecule has 0 atom stereocenters. The number of amides is 1. The molecule has 3 aromatic rings. The van der Waals surface area contributed by atoms with Crippen LogP contribution in [-0.4, -0.2) is 29.0 Å². The Morgan fingerprint density at radius 2 is 1.51 bits per heavy atom. The van der Waals surface area contributed by atoms with E-state index in [2.05, 4.69) is 0 Å². The third-order valence-corrected chi connectivity index (χ3v) is 5.89. The van der Waals surface area contributed by atoms with Gasteiger partial charge in [-0.2, -0.15) is 13.2 Å². The number of ether oxygens (including phenoxy) is 3. The molecular weight excluding hydrogens is 511 g/mol. The van der Waals surface area contributed by atoms with E-state index in [4.69, 9.17) is 14.2 Å². The average Bonchev–Trinajstić information content (AvgIpc) is 2.85. The van der Waals surface area contributed by atoms with E-state index in [1.807, 2.05) is 13.0 Å². The van der Waals surface area contributed by atoms with Crippen LogP contribution in [0.15, 0.2) is 66.7 Å². The molecule has 3 rings (SSSR count). The number of hydrogen-bond acceptors (Lipinski definition) is 5. The van der Waals surface area contributed by atoms with Crippen molar-refractivity contribution < 1.29 is 37.0 Å². The zero-order valence-corrected chi connectivity index (χ0v) is 22.6. The van der Waals surface area contributed by atoms with Crippen LogP contribution in [0.1, 0.15) is 49.9 Å². The van der Waals surface area contributed by atoms with E-state index >= 15 is 0 Å². The number of rotatable bonds is 10. The fourth-order valence-corrected chi connectivity index (χ4v) is 3.78. The number of alkyl halides is 3. The van der Waals surface area contributed by atoms with Crippen molar-refractivity contribution in [2.75, 3.05) is 6.61 Å². The Morgan fingerprint density at radius 1 is 0.872 bits per heavy atom. The molecule has 0 saturated carbocycles. The number of carbonyl (C=O) groups excluding carboxylic acids is 2. The highest BCUT2D eigenvalue weighted by Crippen LogP contribution is 2.31. The molecule has 1 amide bonds. The molecule has 0 fully saturated rings. The Bertz CT molecular complexity index is 1300. The predicted octanol–water partition coefficient (Wildman–Crippen LogP) is 7.08. The molecule has 208 valence electrons. The third kappa shape index (κ3) is 8.24. The van der Waals surface area contributed by atoms with Gasteiger partial charge in [0.1, 0.15) is 17.2 Å². The third-order valence-electron chi connectivity index (χ3n) is 5.89. The van der Waals surface area contributed by atoms with Crippen molar-refractivity contribution in [3.05, 3.63) is 89.0 Å². The SMILES string of the molecule is CCOC(=O)C(C)(C)Oc1ccc(Oc2cccc(CN(Cc3ccc(C(F)(F)F)cc3)C(C)=O)c2)cc1C. The van der Waals surface area contributed by atoms with Gasteiger partial charge in [0.25, 0.3) is 0 Å². The molecule has 0 saturated heterocycles. The van der Waals surface area contributed by atoms with Crippen molar-refractivity contribution >= 4 is 11.9 Å². The topological polar surface area (TPSA) is 65.1 Å². The summed E-state index contributed by atoms with van der Waals surface area (Å²) in [5, 5.41) is 0. The number of carbonyl (C=O) groups is 2. The summed E-state index contributed by atoms with van der Waals surface area (Å²) in [6.07, 6.45) is -4.41. The van der Waals surface area contributed by atoms with E-state index in [9.17, 15) is 22.8 Å². The largest absolute Gasteiger partial charge is 0.476 e. The summed E-state index contributed by atoms with van der Waals surface area (Å²) in [6, 6.07) is 17.2. The van der Waals surface area contributed by atoms with Crippen molar-refractivity contribution in [2.45, 2.75) is 59.5 Å². The Morgan fingerprint density at radius 3 is 2.10 bits per heavy atom. The first-order valence-corrected chi connectivity index (χ1v) is 12.4. The van der Waals surface area contributed by atoms with Crippen LogP contribution in [0, 0.1) is 6.92 Å². The highest BCUT2D eigenvalue weighted by atomic mass is 19.4. The van der Waals surface area contributed by atoms with Crippen LogP contribution in [0.4, 0.5) is 13.2 Å². The minimum absolute atomic E-state index is 0.168. The molecular formula is C30H32F3NO5. The summed E-state index contributed by atoms with van der Waals surface area (Å²) >= 11 is 0. The number of esters is 1. The fraction of sp³-hybridized carbons (Fsp3) is 0.333. The first kappa shape index (κ1) is 29.5. The molecule has 0 radical (unpaired) electrons. The van der Waals surface area contributed by atoms with Crippen LogP contribution in [0.25, 0.3) is 0 Å². The second-order valence-corrected chi connectivity index (χ2v) is 9.58. The average molecular weight is 544 g/mol. The zero-order chi connectivity index (χ0) is 28.8. The number of benzene rings is 3. The second-order valence-electron chi connectivity index (χ2n) is 9.58. The summed E-state index contributed by atoms with van der Waals surface area (Å²) in [5.41, 5.74) is 0.265. The molecule has 0 aliphatic rings. The maximum absolute atomic E-state index is 12.9. The van der Waals surface area contributed by atoms with E-state index < -0.39 is 23.3 Å². The van der Waals surface area contributed by atoms with Gasteiger partial charge in [0.15, 0.2) is 5.60 Å². The second kappa shape index (κ2) is 12.2. The van der Waals surface area contributed by atoms with Crippen LogP contribution in [0.3, 0.4) is 0 Å². The maximum atomic E-state index is 12.9. The molecule has 9 heteroatoms. The first-order chi connectivity index (χ1) is 18.3. The van der Waals surface area contributed by atoms with Gasteiger partial charge in [0.2, 0.25) is 5.91 Å². The van der Waals surface area contributed by atoms with Gasteiger partial charge in [0, 0.05) is 20.0 Å². The van der Waals surface area contributed by atoms with E-state index in [-0.39, 0.29) is 25.6 Å². The standard InChI is InChI=1S/C30H32F3NO5/c1-6-37-28(36)29(4,5)39-27-15-14-26(16-20(27)2)38-25-9-7-8-23(17-25)19-34(21(3)35)18-22-10-12-24(13-11-22)30(31,32)33/h7-17H,6,18-19H2,1-5H3. The lowest BCUT2D eigenvalue weighted by atomic mass is 10.1. The Labute approximate surface area is 226 Å². The number of hydrogen-bond donors (Lipinski definition) is 0. The Hall–Kier alpha value is -4.01. The molecule has 0 aromatic heterocycles. The molecule has 6 nitrogen and oxygen atoms in total. The number of nitrogens with zero attached hydrogens (tertiary/aromatic N) is 1. The van der Waals surface area contributed by atoms with E-state index in [0.29, 0.717) is 22.8 Å². The van der Waals surface area contributed by atoms with Gasteiger partial charge in [-0.3, -0.25) is 4.79 Å². The molecule has 0 bridgehead atoms. The molecule has 0 unspecified atom stereocenters. The van der Waals surface area contributed by atoms with E-state index in [1.54, 1.807) is 62.1 Å². The summed E-state index contributed by atoms with van der Waals surface area (Å²) in [7, 11) is 0. The quantitative estimate of drug-likeness (QED) is 0.256. The smallest absolute Gasteiger partial charge is 0.416 e. The van der Waals surface area contributed by atoms with Crippen molar-refractivity contribution in [1.82, 2.24) is 4.90 Å². The highest BCUT2D eigenvalue weighted by Gasteiger charge is 2.32. The van der Waals surface area contributed by atoms with Crippen LogP contribution < -0.4 is 9.47 Å². The first-order valence-electron chi connectivity index (χ1n) is 12.4. The predicted molar refractivity (Wildman–Crippen MR) is 140 cm³/mol.